The summed E-state index contributed by atoms with van der Waals surface area (Å²) >= 11 is 2.10. The van der Waals surface area contributed by atoms with Gasteiger partial charge in [0.1, 0.15) is 0 Å². The molecular formula is C10H19NS. The van der Waals surface area contributed by atoms with Gasteiger partial charge in [-0.25, -0.2) is 0 Å². The lowest BCUT2D eigenvalue weighted by molar-refractivity contribution is 0.565. The Bertz CT molecular complexity index is 136. The molecule has 1 rings (SSSR count). The average Bonchev–Trinajstić information content (AvgIpc) is 2.50. The smallest absolute Gasteiger partial charge is 0.0201 e. The van der Waals surface area contributed by atoms with Gasteiger partial charge >= 0.3 is 0 Å². The molecule has 0 aromatic carbocycles. The van der Waals surface area contributed by atoms with E-state index >= 15 is 0 Å². The van der Waals surface area contributed by atoms with E-state index in [-0.39, 0.29) is 0 Å². The fraction of sp³-hybridized carbons (Fsp3) is 0.800. The van der Waals surface area contributed by atoms with Crippen LogP contribution in [0.5, 0.6) is 0 Å². The van der Waals surface area contributed by atoms with Gasteiger partial charge in [-0.2, -0.15) is 11.8 Å². The SMILES string of the molecule is C=CCNC1CCCC1SCC. The third-order valence-corrected chi connectivity index (χ3v) is 3.68. The van der Waals surface area contributed by atoms with E-state index in [1.807, 2.05) is 6.08 Å². The minimum atomic E-state index is 0.743. The van der Waals surface area contributed by atoms with E-state index in [0.717, 1.165) is 17.8 Å². The summed E-state index contributed by atoms with van der Waals surface area (Å²) in [5.74, 6) is 1.25. The summed E-state index contributed by atoms with van der Waals surface area (Å²) in [4.78, 5) is 0. The minimum Gasteiger partial charge on any atom is -0.309 e. The molecule has 1 N–H and O–H groups in total. The zero-order chi connectivity index (χ0) is 8.81. The highest BCUT2D eigenvalue weighted by atomic mass is 32.2. The molecule has 70 valence electrons. The van der Waals surface area contributed by atoms with E-state index < -0.39 is 0 Å². The molecule has 0 saturated heterocycles. The standard InChI is InChI=1S/C10H19NS/c1-3-8-11-9-6-5-7-10(9)12-4-2/h3,9-11H,1,4-8H2,2H3. The minimum absolute atomic E-state index is 0.743. The number of hydrogen-bond acceptors (Lipinski definition) is 2. The largest absolute Gasteiger partial charge is 0.309 e. The Balaban J connectivity index is 2.25. The molecule has 1 aliphatic carbocycles. The molecule has 0 aromatic rings. The first-order valence-electron chi connectivity index (χ1n) is 4.84. The van der Waals surface area contributed by atoms with E-state index in [1.54, 1.807) is 0 Å². The predicted octanol–water partition coefficient (Wildman–Crippen LogP) is 2.44. The zero-order valence-corrected chi connectivity index (χ0v) is 8.70. The molecular weight excluding hydrogens is 166 g/mol. The molecule has 2 atom stereocenters. The van der Waals surface area contributed by atoms with Crippen LogP contribution >= 0.6 is 11.8 Å². The maximum atomic E-state index is 3.72. The summed E-state index contributed by atoms with van der Waals surface area (Å²) in [6.07, 6.45) is 6.09. The summed E-state index contributed by atoms with van der Waals surface area (Å²) in [6, 6.07) is 0.743. The van der Waals surface area contributed by atoms with Crippen LogP contribution in [0.3, 0.4) is 0 Å². The van der Waals surface area contributed by atoms with Gasteiger partial charge in [-0.15, -0.1) is 6.58 Å². The first kappa shape index (κ1) is 10.1. The summed E-state index contributed by atoms with van der Waals surface area (Å²) in [6.45, 7) is 6.93. The second-order valence-corrected chi connectivity index (χ2v) is 4.74. The van der Waals surface area contributed by atoms with Gasteiger partial charge in [0.15, 0.2) is 0 Å². The van der Waals surface area contributed by atoms with E-state index in [1.165, 1.54) is 25.0 Å². The summed E-state index contributed by atoms with van der Waals surface area (Å²) in [5.41, 5.74) is 0. The van der Waals surface area contributed by atoms with E-state index in [4.69, 9.17) is 0 Å². The van der Waals surface area contributed by atoms with Gasteiger partial charge in [0.25, 0.3) is 0 Å². The molecule has 0 aromatic heterocycles. The van der Waals surface area contributed by atoms with Crippen molar-refractivity contribution in [2.45, 2.75) is 37.5 Å². The van der Waals surface area contributed by atoms with Crippen molar-refractivity contribution >= 4 is 11.8 Å². The zero-order valence-electron chi connectivity index (χ0n) is 7.88. The van der Waals surface area contributed by atoms with Crippen LogP contribution in [0.25, 0.3) is 0 Å². The normalized spacial score (nSPS) is 29.1. The van der Waals surface area contributed by atoms with Crippen molar-refractivity contribution in [2.24, 2.45) is 0 Å². The highest BCUT2D eigenvalue weighted by Crippen LogP contribution is 2.29. The second-order valence-electron chi connectivity index (χ2n) is 3.23. The number of hydrogen-bond donors (Lipinski definition) is 1. The lowest BCUT2D eigenvalue weighted by atomic mass is 10.2. The summed E-state index contributed by atoms with van der Waals surface area (Å²) in [7, 11) is 0. The molecule has 0 heterocycles. The fourth-order valence-corrected chi connectivity index (χ4v) is 3.03. The third-order valence-electron chi connectivity index (χ3n) is 2.36. The van der Waals surface area contributed by atoms with Crippen molar-refractivity contribution in [1.82, 2.24) is 5.32 Å². The Morgan fingerprint density at radius 1 is 1.58 bits per heavy atom. The first-order valence-corrected chi connectivity index (χ1v) is 5.89. The summed E-state index contributed by atoms with van der Waals surface area (Å²) in [5, 5.41) is 4.38. The molecule has 1 nitrogen and oxygen atoms in total. The molecule has 1 saturated carbocycles. The van der Waals surface area contributed by atoms with Crippen LogP contribution in [-0.2, 0) is 0 Å². The van der Waals surface area contributed by atoms with Crippen LogP contribution in [0.15, 0.2) is 12.7 Å². The van der Waals surface area contributed by atoms with E-state index in [9.17, 15) is 0 Å². The quantitative estimate of drug-likeness (QED) is 0.660. The Labute approximate surface area is 80.0 Å². The molecule has 12 heavy (non-hydrogen) atoms. The van der Waals surface area contributed by atoms with Crippen molar-refractivity contribution in [3.05, 3.63) is 12.7 Å². The average molecular weight is 185 g/mol. The third kappa shape index (κ3) is 2.83. The molecule has 0 aliphatic heterocycles. The highest BCUT2D eigenvalue weighted by molar-refractivity contribution is 7.99. The molecule has 0 bridgehead atoms. The van der Waals surface area contributed by atoms with Crippen molar-refractivity contribution in [1.29, 1.82) is 0 Å². The topological polar surface area (TPSA) is 12.0 Å². The number of nitrogens with one attached hydrogen (secondary N) is 1. The molecule has 2 heteroatoms. The van der Waals surface area contributed by atoms with Crippen LogP contribution in [0, 0.1) is 0 Å². The van der Waals surface area contributed by atoms with Crippen LogP contribution in [0.2, 0.25) is 0 Å². The Morgan fingerprint density at radius 2 is 2.42 bits per heavy atom. The second kappa shape index (κ2) is 5.65. The van der Waals surface area contributed by atoms with Gasteiger partial charge in [0, 0.05) is 17.8 Å². The monoisotopic (exact) mass is 185 g/mol. The van der Waals surface area contributed by atoms with Crippen molar-refractivity contribution in [2.75, 3.05) is 12.3 Å². The van der Waals surface area contributed by atoms with Crippen LogP contribution in [0.1, 0.15) is 26.2 Å². The number of rotatable bonds is 5. The van der Waals surface area contributed by atoms with Crippen LogP contribution < -0.4 is 5.32 Å². The Kier molecular flexibility index (Phi) is 4.77. The molecule has 1 fully saturated rings. The molecule has 0 spiro atoms. The molecule has 0 radical (unpaired) electrons. The van der Waals surface area contributed by atoms with Crippen LogP contribution in [0.4, 0.5) is 0 Å². The van der Waals surface area contributed by atoms with E-state index in [2.05, 4.69) is 30.6 Å². The first-order chi connectivity index (χ1) is 5.88. The van der Waals surface area contributed by atoms with Gasteiger partial charge in [-0.05, 0) is 18.6 Å². The van der Waals surface area contributed by atoms with Gasteiger partial charge in [-0.1, -0.05) is 19.4 Å². The molecule has 0 amide bonds. The van der Waals surface area contributed by atoms with Gasteiger partial charge in [-0.3, -0.25) is 0 Å². The maximum absolute atomic E-state index is 3.72. The van der Waals surface area contributed by atoms with Crippen LogP contribution in [-0.4, -0.2) is 23.6 Å². The van der Waals surface area contributed by atoms with Crippen molar-refractivity contribution in [3.8, 4) is 0 Å². The number of thioether (sulfide) groups is 1. The van der Waals surface area contributed by atoms with Gasteiger partial charge in [0.05, 0.1) is 0 Å². The Hall–Kier alpha value is 0.0500. The van der Waals surface area contributed by atoms with E-state index in [0.29, 0.717) is 0 Å². The van der Waals surface area contributed by atoms with Gasteiger partial charge < -0.3 is 5.32 Å². The van der Waals surface area contributed by atoms with Gasteiger partial charge in [0.2, 0.25) is 0 Å². The summed E-state index contributed by atoms with van der Waals surface area (Å²) < 4.78 is 0. The lowest BCUT2D eigenvalue weighted by Gasteiger charge is -2.18. The lowest BCUT2D eigenvalue weighted by Crippen LogP contribution is -2.34. The molecule has 2 unspecified atom stereocenters. The highest BCUT2D eigenvalue weighted by Gasteiger charge is 2.25. The maximum Gasteiger partial charge on any atom is 0.0201 e. The Morgan fingerprint density at radius 3 is 3.08 bits per heavy atom. The van der Waals surface area contributed by atoms with Crippen molar-refractivity contribution < 1.29 is 0 Å². The van der Waals surface area contributed by atoms with Crippen molar-refractivity contribution in [3.63, 3.8) is 0 Å². The fourth-order valence-electron chi connectivity index (χ4n) is 1.81. The molecule has 1 aliphatic rings. The predicted molar refractivity (Wildman–Crippen MR) is 57.8 cm³/mol.